The molecule has 0 saturated carbocycles. The van der Waals surface area contributed by atoms with Crippen LogP contribution in [-0.2, 0) is 4.79 Å². The van der Waals surface area contributed by atoms with E-state index in [2.05, 4.69) is 15.5 Å². The molecule has 2 heterocycles. The van der Waals surface area contributed by atoms with Gasteiger partial charge in [-0.15, -0.1) is 0 Å². The Bertz CT molecular complexity index is 398. The number of nitrogens with zero attached hydrogens (tertiary/aromatic N) is 1. The molecule has 1 aromatic heterocycles. The lowest BCUT2D eigenvalue weighted by molar-refractivity contribution is -0.143. The zero-order valence-corrected chi connectivity index (χ0v) is 9.21. The Morgan fingerprint density at radius 2 is 2.44 bits per heavy atom. The molecule has 1 saturated heterocycles. The molecule has 86 valence electrons. The second kappa shape index (κ2) is 4.17. The number of thioether (sulfide) groups is 1. The van der Waals surface area contributed by atoms with Crippen LogP contribution in [0.5, 0.6) is 0 Å². The van der Waals surface area contributed by atoms with Crippen molar-refractivity contribution in [3.8, 4) is 0 Å². The largest absolute Gasteiger partial charge is 0.479 e. The first-order chi connectivity index (χ1) is 7.64. The summed E-state index contributed by atoms with van der Waals surface area (Å²) >= 11 is 1.53. The van der Waals surface area contributed by atoms with E-state index in [4.69, 9.17) is 5.11 Å². The Hall–Kier alpha value is -1.50. The van der Waals surface area contributed by atoms with Crippen LogP contribution in [0.15, 0.2) is 12.4 Å². The Morgan fingerprint density at radius 3 is 2.94 bits per heavy atom. The monoisotopic (exact) mass is 241 g/mol. The van der Waals surface area contributed by atoms with Gasteiger partial charge in [-0.1, -0.05) is 0 Å². The van der Waals surface area contributed by atoms with Gasteiger partial charge in [-0.05, 0) is 12.2 Å². The van der Waals surface area contributed by atoms with Crippen LogP contribution in [0.1, 0.15) is 16.8 Å². The molecule has 16 heavy (non-hydrogen) atoms. The summed E-state index contributed by atoms with van der Waals surface area (Å²) in [6, 6.07) is 0. The lowest BCUT2D eigenvalue weighted by Crippen LogP contribution is -2.54. The molecule has 1 atom stereocenters. The molecule has 0 radical (unpaired) electrons. The minimum atomic E-state index is -1.13. The Morgan fingerprint density at radius 1 is 1.62 bits per heavy atom. The number of carbonyl (C=O) groups is 2. The summed E-state index contributed by atoms with van der Waals surface area (Å²) in [7, 11) is 0. The number of aromatic nitrogens is 2. The van der Waals surface area contributed by atoms with Gasteiger partial charge in [0.25, 0.3) is 5.91 Å². The highest BCUT2D eigenvalue weighted by Crippen LogP contribution is 2.28. The van der Waals surface area contributed by atoms with E-state index in [1.165, 1.54) is 24.2 Å². The van der Waals surface area contributed by atoms with Gasteiger partial charge in [-0.3, -0.25) is 9.89 Å². The second-order valence-corrected chi connectivity index (χ2v) is 4.74. The fourth-order valence-corrected chi connectivity index (χ4v) is 2.88. The summed E-state index contributed by atoms with van der Waals surface area (Å²) in [5.41, 5.74) is -0.781. The first kappa shape index (κ1) is 11.0. The molecule has 1 unspecified atom stereocenters. The van der Waals surface area contributed by atoms with E-state index in [0.717, 1.165) is 5.75 Å². The number of hydrogen-bond acceptors (Lipinski definition) is 4. The van der Waals surface area contributed by atoms with Crippen molar-refractivity contribution in [2.45, 2.75) is 12.0 Å². The van der Waals surface area contributed by atoms with Crippen molar-refractivity contribution in [2.24, 2.45) is 0 Å². The molecule has 2 rings (SSSR count). The molecule has 1 amide bonds. The van der Waals surface area contributed by atoms with E-state index in [1.807, 2.05) is 0 Å². The van der Waals surface area contributed by atoms with Crippen molar-refractivity contribution in [2.75, 3.05) is 11.5 Å². The van der Waals surface area contributed by atoms with Crippen molar-refractivity contribution >= 4 is 23.6 Å². The Balaban J connectivity index is 2.13. The molecule has 0 aliphatic carbocycles. The van der Waals surface area contributed by atoms with Crippen molar-refractivity contribution in [3.63, 3.8) is 0 Å². The van der Waals surface area contributed by atoms with E-state index >= 15 is 0 Å². The van der Waals surface area contributed by atoms with Gasteiger partial charge in [-0.2, -0.15) is 16.9 Å². The Kier molecular flexibility index (Phi) is 2.86. The van der Waals surface area contributed by atoms with E-state index in [-0.39, 0.29) is 0 Å². The maximum Gasteiger partial charge on any atom is 0.330 e. The molecule has 6 nitrogen and oxygen atoms in total. The van der Waals surface area contributed by atoms with Crippen LogP contribution < -0.4 is 5.32 Å². The lowest BCUT2D eigenvalue weighted by atomic mass is 9.99. The highest BCUT2D eigenvalue weighted by Gasteiger charge is 2.43. The molecular weight excluding hydrogens is 230 g/mol. The smallest absolute Gasteiger partial charge is 0.330 e. The standard InChI is InChI=1S/C9H11N3O3S/c13-7(6-3-10-11-4-6)12-9(8(14)15)1-2-16-5-9/h3-4H,1-2,5H2,(H,10,11)(H,12,13)(H,14,15). The van der Waals surface area contributed by atoms with Crippen LogP contribution in [0.3, 0.4) is 0 Å². The van der Waals surface area contributed by atoms with Crippen LogP contribution in [0.25, 0.3) is 0 Å². The molecule has 7 heteroatoms. The number of carboxylic acids is 1. The zero-order chi connectivity index (χ0) is 11.6. The van der Waals surface area contributed by atoms with Gasteiger partial charge in [0, 0.05) is 11.9 Å². The van der Waals surface area contributed by atoms with Gasteiger partial charge in [0.2, 0.25) is 0 Å². The summed E-state index contributed by atoms with van der Waals surface area (Å²) in [4.78, 5) is 22.9. The van der Waals surface area contributed by atoms with Crippen LogP contribution in [0, 0.1) is 0 Å². The van der Waals surface area contributed by atoms with E-state index in [1.54, 1.807) is 0 Å². The predicted octanol–water partition coefficient (Wildman–Crippen LogP) is 0.0998. The van der Waals surface area contributed by atoms with Crippen LogP contribution in [0.2, 0.25) is 0 Å². The number of aromatic amines is 1. The van der Waals surface area contributed by atoms with Crippen LogP contribution >= 0.6 is 11.8 Å². The number of carboxylic acid groups (broad SMARTS) is 1. The van der Waals surface area contributed by atoms with E-state index < -0.39 is 17.4 Å². The third-order valence-corrected chi connectivity index (χ3v) is 3.73. The molecular formula is C9H11N3O3S. The predicted molar refractivity (Wildman–Crippen MR) is 58.4 cm³/mol. The van der Waals surface area contributed by atoms with E-state index in [9.17, 15) is 9.59 Å². The van der Waals surface area contributed by atoms with Crippen molar-refractivity contribution in [1.29, 1.82) is 0 Å². The summed E-state index contributed by atoms with van der Waals surface area (Å²) in [5, 5.41) is 17.9. The number of H-pyrrole nitrogens is 1. The average Bonchev–Trinajstić information content (AvgIpc) is 2.88. The fraction of sp³-hybridized carbons (Fsp3) is 0.444. The number of nitrogens with one attached hydrogen (secondary N) is 2. The summed E-state index contributed by atoms with van der Waals surface area (Å²) in [5.74, 6) is -0.225. The maximum atomic E-state index is 11.7. The summed E-state index contributed by atoms with van der Waals surface area (Å²) in [6.07, 6.45) is 3.26. The molecule has 1 aliphatic heterocycles. The molecule has 0 aromatic carbocycles. The minimum absolute atomic E-state index is 0.345. The first-order valence-electron chi connectivity index (χ1n) is 4.76. The normalized spacial score (nSPS) is 24.2. The molecule has 1 aliphatic rings. The third kappa shape index (κ3) is 1.90. The van der Waals surface area contributed by atoms with Gasteiger partial charge in [0.05, 0.1) is 11.8 Å². The molecule has 0 spiro atoms. The second-order valence-electron chi connectivity index (χ2n) is 3.63. The number of carbonyl (C=O) groups excluding carboxylic acids is 1. The van der Waals surface area contributed by atoms with Crippen LogP contribution in [-0.4, -0.2) is 44.2 Å². The first-order valence-corrected chi connectivity index (χ1v) is 5.92. The quantitative estimate of drug-likeness (QED) is 0.697. The number of rotatable bonds is 3. The summed E-state index contributed by atoms with van der Waals surface area (Å²) < 4.78 is 0. The SMILES string of the molecule is O=C(NC1(C(=O)O)CCSC1)c1cn[nH]c1. The van der Waals surface area contributed by atoms with Crippen molar-refractivity contribution in [1.82, 2.24) is 15.5 Å². The van der Waals surface area contributed by atoms with Gasteiger partial charge in [0.1, 0.15) is 5.54 Å². The molecule has 0 bridgehead atoms. The fourth-order valence-electron chi connectivity index (χ4n) is 1.55. The highest BCUT2D eigenvalue weighted by molar-refractivity contribution is 7.99. The van der Waals surface area contributed by atoms with Crippen LogP contribution in [0.4, 0.5) is 0 Å². The highest BCUT2D eigenvalue weighted by atomic mass is 32.2. The third-order valence-electron chi connectivity index (χ3n) is 2.54. The number of hydrogen-bond donors (Lipinski definition) is 3. The minimum Gasteiger partial charge on any atom is -0.479 e. The lowest BCUT2D eigenvalue weighted by Gasteiger charge is -2.24. The Labute approximate surface area is 95.8 Å². The summed E-state index contributed by atoms with van der Waals surface area (Å²) in [6.45, 7) is 0. The topological polar surface area (TPSA) is 95.1 Å². The van der Waals surface area contributed by atoms with E-state index in [0.29, 0.717) is 17.7 Å². The molecule has 3 N–H and O–H groups in total. The number of amides is 1. The maximum absolute atomic E-state index is 11.7. The molecule has 1 aromatic rings. The average molecular weight is 241 g/mol. The molecule has 1 fully saturated rings. The zero-order valence-electron chi connectivity index (χ0n) is 8.40. The van der Waals surface area contributed by atoms with Gasteiger partial charge in [-0.25, -0.2) is 4.79 Å². The van der Waals surface area contributed by atoms with Gasteiger partial charge >= 0.3 is 5.97 Å². The van der Waals surface area contributed by atoms with Crippen molar-refractivity contribution in [3.05, 3.63) is 18.0 Å². The van der Waals surface area contributed by atoms with Gasteiger partial charge in [0.15, 0.2) is 0 Å². The number of aliphatic carboxylic acids is 1. The van der Waals surface area contributed by atoms with Gasteiger partial charge < -0.3 is 10.4 Å². The van der Waals surface area contributed by atoms with Crippen molar-refractivity contribution < 1.29 is 14.7 Å².